The van der Waals surface area contributed by atoms with Gasteiger partial charge in [-0.25, -0.2) is 4.98 Å². The van der Waals surface area contributed by atoms with E-state index in [1.165, 1.54) is 11.8 Å². The van der Waals surface area contributed by atoms with Gasteiger partial charge < -0.3 is 5.32 Å². The van der Waals surface area contributed by atoms with E-state index in [1.54, 1.807) is 16.9 Å². The number of hydrogen-bond acceptors (Lipinski definition) is 6. The van der Waals surface area contributed by atoms with Crippen LogP contribution in [-0.4, -0.2) is 25.8 Å². The second-order valence-electron chi connectivity index (χ2n) is 4.72. The number of hydrogen-bond donors (Lipinski definition) is 1. The molecule has 7 heteroatoms. The fourth-order valence-corrected chi connectivity index (χ4v) is 2.73. The number of pyridine rings is 1. The van der Waals surface area contributed by atoms with Crippen molar-refractivity contribution < 1.29 is 0 Å². The third-order valence-electron chi connectivity index (χ3n) is 3.21. The van der Waals surface area contributed by atoms with E-state index in [1.807, 2.05) is 31.4 Å². The lowest BCUT2D eigenvalue weighted by molar-refractivity contribution is 0.883. The number of aryl methyl sites for hydroxylation is 1. The average molecular weight is 310 g/mol. The summed E-state index contributed by atoms with van der Waals surface area (Å²) in [5, 5.41) is 17.9. The number of aromatic nitrogens is 4. The fraction of sp³-hybridized carbons (Fsp3) is 0.200. The molecule has 1 N–H and O–H groups in total. The first-order chi connectivity index (χ1) is 10.7. The maximum atomic E-state index is 9.50. The second kappa shape index (κ2) is 6.03. The molecule has 3 rings (SSSR count). The molecule has 0 saturated heterocycles. The van der Waals surface area contributed by atoms with Crippen molar-refractivity contribution in [1.29, 1.82) is 5.26 Å². The molecule has 0 amide bonds. The molecule has 0 bridgehead atoms. The minimum Gasteiger partial charge on any atom is -0.365 e. The van der Waals surface area contributed by atoms with Crippen LogP contribution in [0.2, 0.25) is 0 Å². The third kappa shape index (κ3) is 2.61. The largest absolute Gasteiger partial charge is 0.365 e. The van der Waals surface area contributed by atoms with Gasteiger partial charge in [-0.3, -0.25) is 4.98 Å². The molecular formula is C15H14N6S. The van der Waals surface area contributed by atoms with Crippen molar-refractivity contribution in [3.63, 3.8) is 0 Å². The van der Waals surface area contributed by atoms with Crippen molar-refractivity contribution in [2.75, 3.05) is 11.6 Å². The van der Waals surface area contributed by atoms with Crippen LogP contribution in [0.5, 0.6) is 0 Å². The monoisotopic (exact) mass is 310 g/mol. The van der Waals surface area contributed by atoms with Crippen LogP contribution in [-0.2, 0) is 6.54 Å². The van der Waals surface area contributed by atoms with Gasteiger partial charge in [0.05, 0.1) is 5.69 Å². The number of rotatable bonds is 4. The fourth-order valence-electron chi connectivity index (χ4n) is 2.20. The Morgan fingerprint density at radius 1 is 1.36 bits per heavy atom. The molecule has 0 unspecified atom stereocenters. The van der Waals surface area contributed by atoms with Gasteiger partial charge in [0.25, 0.3) is 0 Å². The summed E-state index contributed by atoms with van der Waals surface area (Å²) in [5.41, 5.74) is 3.19. The third-order valence-corrected chi connectivity index (χ3v) is 3.89. The van der Waals surface area contributed by atoms with E-state index >= 15 is 0 Å². The minimum absolute atomic E-state index is 0.511. The predicted molar refractivity (Wildman–Crippen MR) is 85.8 cm³/mol. The van der Waals surface area contributed by atoms with Crippen molar-refractivity contribution in [3.05, 3.63) is 47.4 Å². The molecule has 3 aromatic heterocycles. The summed E-state index contributed by atoms with van der Waals surface area (Å²) in [5.74, 6) is 0.668. The first-order valence-electron chi connectivity index (χ1n) is 6.70. The van der Waals surface area contributed by atoms with Gasteiger partial charge in [-0.15, -0.1) is 11.8 Å². The van der Waals surface area contributed by atoms with Gasteiger partial charge in [-0.05, 0) is 30.9 Å². The smallest absolute Gasteiger partial charge is 0.158 e. The highest BCUT2D eigenvalue weighted by molar-refractivity contribution is 7.98. The molecule has 0 aliphatic heterocycles. The standard InChI is InChI=1S/C15H14N6S/c1-10-7-13-19-15(22-2)12(8-16)14(21(13)20-10)18-9-11-3-5-17-6-4-11/h3-7,18H,9H2,1-2H3. The molecule has 22 heavy (non-hydrogen) atoms. The van der Waals surface area contributed by atoms with Crippen LogP contribution >= 0.6 is 11.8 Å². The van der Waals surface area contributed by atoms with Crippen LogP contribution in [0, 0.1) is 18.3 Å². The Kier molecular flexibility index (Phi) is 3.94. The quantitative estimate of drug-likeness (QED) is 0.589. The second-order valence-corrected chi connectivity index (χ2v) is 5.52. The van der Waals surface area contributed by atoms with E-state index in [4.69, 9.17) is 0 Å². The molecular weight excluding hydrogens is 296 g/mol. The van der Waals surface area contributed by atoms with E-state index in [-0.39, 0.29) is 0 Å². The number of nitriles is 1. The van der Waals surface area contributed by atoms with E-state index in [9.17, 15) is 5.26 Å². The zero-order valence-electron chi connectivity index (χ0n) is 12.2. The molecule has 0 aliphatic rings. The summed E-state index contributed by atoms with van der Waals surface area (Å²) in [6, 6.07) is 8.00. The first kappa shape index (κ1) is 14.4. The Balaban J connectivity index is 2.07. The highest BCUT2D eigenvalue weighted by Crippen LogP contribution is 2.26. The zero-order valence-corrected chi connectivity index (χ0v) is 13.1. The van der Waals surface area contributed by atoms with Crippen LogP contribution in [0.15, 0.2) is 35.6 Å². The van der Waals surface area contributed by atoms with Crippen LogP contribution in [0.25, 0.3) is 5.65 Å². The normalized spacial score (nSPS) is 10.6. The van der Waals surface area contributed by atoms with E-state index in [0.717, 1.165) is 16.9 Å². The topological polar surface area (TPSA) is 78.9 Å². The van der Waals surface area contributed by atoms with E-state index in [0.29, 0.717) is 23.0 Å². The van der Waals surface area contributed by atoms with E-state index in [2.05, 4.69) is 26.5 Å². The van der Waals surface area contributed by atoms with Gasteiger partial charge in [0.1, 0.15) is 16.7 Å². The number of anilines is 1. The van der Waals surface area contributed by atoms with Crippen molar-refractivity contribution in [1.82, 2.24) is 19.6 Å². The molecule has 0 aromatic carbocycles. The number of fused-ring (bicyclic) bond motifs is 1. The Morgan fingerprint density at radius 3 is 2.82 bits per heavy atom. The van der Waals surface area contributed by atoms with E-state index < -0.39 is 0 Å². The molecule has 3 heterocycles. The van der Waals surface area contributed by atoms with Gasteiger partial charge in [-0.1, -0.05) is 0 Å². The van der Waals surface area contributed by atoms with Crippen molar-refractivity contribution in [2.24, 2.45) is 0 Å². The summed E-state index contributed by atoms with van der Waals surface area (Å²) in [4.78, 5) is 8.50. The van der Waals surface area contributed by atoms with Gasteiger partial charge in [0.2, 0.25) is 0 Å². The Bertz CT molecular complexity index is 850. The number of nitrogens with zero attached hydrogens (tertiary/aromatic N) is 5. The summed E-state index contributed by atoms with van der Waals surface area (Å²) < 4.78 is 1.69. The summed E-state index contributed by atoms with van der Waals surface area (Å²) in [6.07, 6.45) is 5.40. The maximum Gasteiger partial charge on any atom is 0.158 e. The van der Waals surface area contributed by atoms with Crippen LogP contribution in [0.3, 0.4) is 0 Å². The molecule has 110 valence electrons. The van der Waals surface area contributed by atoms with Gasteiger partial charge >= 0.3 is 0 Å². The summed E-state index contributed by atoms with van der Waals surface area (Å²) in [6.45, 7) is 2.50. The number of nitrogens with one attached hydrogen (secondary N) is 1. The highest BCUT2D eigenvalue weighted by atomic mass is 32.2. The van der Waals surface area contributed by atoms with Crippen molar-refractivity contribution >= 4 is 23.2 Å². The molecule has 3 aromatic rings. The molecule has 0 aliphatic carbocycles. The van der Waals surface area contributed by atoms with Crippen LogP contribution < -0.4 is 5.32 Å². The van der Waals surface area contributed by atoms with Crippen LogP contribution in [0.4, 0.5) is 5.82 Å². The maximum absolute atomic E-state index is 9.50. The molecule has 0 fully saturated rings. The number of thioether (sulfide) groups is 1. The van der Waals surface area contributed by atoms with Gasteiger partial charge in [-0.2, -0.15) is 14.9 Å². The summed E-state index contributed by atoms with van der Waals surface area (Å²) in [7, 11) is 0. The Labute approximate surface area is 132 Å². The van der Waals surface area contributed by atoms with Gasteiger partial charge in [0, 0.05) is 25.0 Å². The van der Waals surface area contributed by atoms with Crippen LogP contribution in [0.1, 0.15) is 16.8 Å². The molecule has 0 spiro atoms. The van der Waals surface area contributed by atoms with Gasteiger partial charge in [0.15, 0.2) is 11.5 Å². The first-order valence-corrected chi connectivity index (χ1v) is 7.92. The molecule has 0 atom stereocenters. The lowest BCUT2D eigenvalue weighted by Gasteiger charge is -2.12. The minimum atomic E-state index is 0.511. The Hall–Kier alpha value is -2.59. The van der Waals surface area contributed by atoms with Crippen molar-refractivity contribution in [2.45, 2.75) is 18.5 Å². The molecule has 0 radical (unpaired) electrons. The van der Waals surface area contributed by atoms with Crippen molar-refractivity contribution in [3.8, 4) is 6.07 Å². The predicted octanol–water partition coefficient (Wildman–Crippen LogP) is 2.64. The lowest BCUT2D eigenvalue weighted by Crippen LogP contribution is -2.09. The molecule has 6 nitrogen and oxygen atoms in total. The molecule has 0 saturated carbocycles. The highest BCUT2D eigenvalue weighted by Gasteiger charge is 2.16. The lowest BCUT2D eigenvalue weighted by atomic mass is 10.2. The summed E-state index contributed by atoms with van der Waals surface area (Å²) >= 11 is 1.46. The zero-order chi connectivity index (χ0) is 15.5. The average Bonchev–Trinajstić information content (AvgIpc) is 2.92. The Morgan fingerprint density at radius 2 is 2.14 bits per heavy atom. The SMILES string of the molecule is CSc1nc2cc(C)nn2c(NCc2ccncc2)c1C#N.